The van der Waals surface area contributed by atoms with E-state index in [1.54, 1.807) is 32.1 Å². The zero-order valence-corrected chi connectivity index (χ0v) is 11.8. The summed E-state index contributed by atoms with van der Waals surface area (Å²) in [6.45, 7) is 4.54. The van der Waals surface area contributed by atoms with Gasteiger partial charge >= 0.3 is 0 Å². The smallest absolute Gasteiger partial charge is 0.0352 e. The molecular weight excluding hydrogens is 216 g/mol. The Balaban J connectivity index is 0.000000125. The van der Waals surface area contributed by atoms with E-state index in [-0.39, 0.29) is 0 Å². The third kappa shape index (κ3) is 2.35. The molecule has 0 spiro atoms. The minimum Gasteiger partial charge on any atom is -0.0625 e. The van der Waals surface area contributed by atoms with Crippen molar-refractivity contribution in [2.75, 3.05) is 0 Å². The molecule has 0 aliphatic heterocycles. The maximum absolute atomic E-state index is 2.46. The fourth-order valence-electron chi connectivity index (χ4n) is 4.82. The van der Waals surface area contributed by atoms with Gasteiger partial charge in [-0.05, 0) is 68.6 Å². The van der Waals surface area contributed by atoms with Crippen LogP contribution in [0, 0.1) is 36.5 Å². The lowest BCUT2D eigenvalue weighted by molar-refractivity contribution is 0.259. The van der Waals surface area contributed by atoms with Gasteiger partial charge in [-0.3, -0.25) is 0 Å². The highest BCUT2D eigenvalue weighted by Gasteiger charge is 2.50. The second kappa shape index (κ2) is 5.07. The number of aryl methyl sites for hydroxylation is 1. The molecule has 0 aromatic heterocycles. The van der Waals surface area contributed by atoms with Crippen LogP contribution in [-0.2, 0) is 0 Å². The van der Waals surface area contributed by atoms with E-state index >= 15 is 0 Å². The third-order valence-corrected chi connectivity index (χ3v) is 5.56. The molecule has 4 unspecified atom stereocenters. The van der Waals surface area contributed by atoms with Crippen molar-refractivity contribution in [2.24, 2.45) is 29.6 Å². The van der Waals surface area contributed by atoms with E-state index in [9.17, 15) is 0 Å². The van der Waals surface area contributed by atoms with Gasteiger partial charge in [0, 0.05) is 0 Å². The molecule has 1 aromatic rings. The number of rotatable bonds is 0. The fourth-order valence-corrected chi connectivity index (χ4v) is 4.82. The summed E-state index contributed by atoms with van der Waals surface area (Å²) in [5, 5.41) is 0. The molecule has 0 N–H and O–H groups in total. The molecule has 3 saturated carbocycles. The highest BCUT2D eigenvalue weighted by atomic mass is 14.6. The Hall–Kier alpha value is -0.780. The molecule has 0 radical (unpaired) electrons. The van der Waals surface area contributed by atoms with Gasteiger partial charge in [-0.25, -0.2) is 0 Å². The van der Waals surface area contributed by atoms with E-state index in [2.05, 4.69) is 26.0 Å². The fraction of sp³-hybridized carbons (Fsp3) is 0.667. The van der Waals surface area contributed by atoms with Crippen molar-refractivity contribution in [3.05, 3.63) is 35.9 Å². The Morgan fingerprint density at radius 3 is 1.83 bits per heavy atom. The van der Waals surface area contributed by atoms with Crippen molar-refractivity contribution < 1.29 is 0 Å². The minimum atomic E-state index is 1.06. The van der Waals surface area contributed by atoms with E-state index < -0.39 is 0 Å². The quantitative estimate of drug-likeness (QED) is 0.595. The van der Waals surface area contributed by atoms with Gasteiger partial charge in [0.05, 0.1) is 0 Å². The van der Waals surface area contributed by atoms with Gasteiger partial charge in [0.2, 0.25) is 0 Å². The number of hydrogen-bond acceptors (Lipinski definition) is 0. The average molecular weight is 242 g/mol. The number of hydrogen-bond donors (Lipinski definition) is 0. The largest absolute Gasteiger partial charge is 0.0625 e. The van der Waals surface area contributed by atoms with Gasteiger partial charge < -0.3 is 0 Å². The molecule has 0 heteroatoms. The van der Waals surface area contributed by atoms with Crippen LogP contribution in [0.4, 0.5) is 0 Å². The zero-order valence-electron chi connectivity index (χ0n) is 11.8. The molecule has 1 aromatic carbocycles. The van der Waals surface area contributed by atoms with Gasteiger partial charge in [-0.2, -0.15) is 0 Å². The molecule has 3 fully saturated rings. The van der Waals surface area contributed by atoms with Crippen molar-refractivity contribution in [2.45, 2.75) is 46.0 Å². The molecule has 4 rings (SSSR count). The molecule has 2 bridgehead atoms. The Morgan fingerprint density at radius 2 is 1.39 bits per heavy atom. The van der Waals surface area contributed by atoms with Crippen molar-refractivity contribution in [3.8, 4) is 0 Å². The first-order valence-corrected chi connectivity index (χ1v) is 7.75. The Kier molecular flexibility index (Phi) is 3.46. The van der Waals surface area contributed by atoms with E-state index in [4.69, 9.17) is 0 Å². The standard InChI is InChI=1S/C11H18.C7H8/c1-7-4-10-8-2-3-9(6-8)11(10)5-7;1-7-5-3-2-4-6-7/h7-11H,2-6H2,1H3;2-6H,1H3. The second-order valence-corrected chi connectivity index (χ2v) is 6.89. The Morgan fingerprint density at radius 1 is 0.833 bits per heavy atom. The first-order valence-electron chi connectivity index (χ1n) is 7.75. The van der Waals surface area contributed by atoms with Crippen LogP contribution < -0.4 is 0 Å². The van der Waals surface area contributed by atoms with Crippen LogP contribution in [0.3, 0.4) is 0 Å². The molecule has 98 valence electrons. The van der Waals surface area contributed by atoms with Gasteiger partial charge in [-0.15, -0.1) is 0 Å². The summed E-state index contributed by atoms with van der Waals surface area (Å²) in [6.07, 6.45) is 7.93. The summed E-state index contributed by atoms with van der Waals surface area (Å²) in [5.41, 5.74) is 1.32. The monoisotopic (exact) mass is 242 g/mol. The van der Waals surface area contributed by atoms with Crippen molar-refractivity contribution in [3.63, 3.8) is 0 Å². The van der Waals surface area contributed by atoms with Crippen LogP contribution in [-0.4, -0.2) is 0 Å². The molecule has 0 amide bonds. The summed E-state index contributed by atoms with van der Waals surface area (Å²) in [7, 11) is 0. The molecule has 0 heterocycles. The maximum atomic E-state index is 2.46. The lowest BCUT2D eigenvalue weighted by Crippen LogP contribution is -2.15. The lowest BCUT2D eigenvalue weighted by atomic mass is 9.82. The van der Waals surface area contributed by atoms with Crippen LogP contribution in [0.25, 0.3) is 0 Å². The third-order valence-electron chi connectivity index (χ3n) is 5.56. The second-order valence-electron chi connectivity index (χ2n) is 6.89. The Bertz CT molecular complexity index is 362. The van der Waals surface area contributed by atoms with Crippen LogP contribution >= 0.6 is 0 Å². The van der Waals surface area contributed by atoms with E-state index in [1.807, 2.05) is 18.2 Å². The normalized spacial score (nSPS) is 40.2. The molecule has 4 atom stereocenters. The van der Waals surface area contributed by atoms with Gasteiger partial charge in [-0.1, -0.05) is 42.8 Å². The summed E-state index contributed by atoms with van der Waals surface area (Å²) >= 11 is 0. The van der Waals surface area contributed by atoms with Crippen molar-refractivity contribution >= 4 is 0 Å². The highest BCUT2D eigenvalue weighted by Crippen LogP contribution is 2.59. The topological polar surface area (TPSA) is 0 Å². The Labute approximate surface area is 112 Å². The summed E-state index contributed by atoms with van der Waals surface area (Å²) in [5.74, 6) is 5.78. The predicted octanol–water partition coefficient (Wildman–Crippen LogP) is 5.07. The zero-order chi connectivity index (χ0) is 12.5. The van der Waals surface area contributed by atoms with Gasteiger partial charge in [0.15, 0.2) is 0 Å². The van der Waals surface area contributed by atoms with E-state index in [0.29, 0.717) is 0 Å². The predicted molar refractivity (Wildman–Crippen MR) is 77.4 cm³/mol. The lowest BCUT2D eigenvalue weighted by Gasteiger charge is -2.23. The summed E-state index contributed by atoms with van der Waals surface area (Å²) in [4.78, 5) is 0. The number of fused-ring (bicyclic) bond motifs is 5. The first kappa shape index (κ1) is 12.3. The molecule has 0 saturated heterocycles. The minimum absolute atomic E-state index is 1.06. The number of benzene rings is 1. The SMILES string of the molecule is CC1CC2C3CCC(C3)C2C1.Cc1ccccc1. The van der Waals surface area contributed by atoms with E-state index in [1.165, 1.54) is 29.2 Å². The molecule has 3 aliphatic carbocycles. The molecule has 3 aliphatic rings. The summed E-state index contributed by atoms with van der Waals surface area (Å²) < 4.78 is 0. The highest BCUT2D eigenvalue weighted by molar-refractivity contribution is 5.11. The van der Waals surface area contributed by atoms with Crippen LogP contribution in [0.2, 0.25) is 0 Å². The van der Waals surface area contributed by atoms with Crippen molar-refractivity contribution in [1.29, 1.82) is 0 Å². The summed E-state index contributed by atoms with van der Waals surface area (Å²) in [6, 6.07) is 10.3. The molecule has 0 nitrogen and oxygen atoms in total. The molecule has 18 heavy (non-hydrogen) atoms. The van der Waals surface area contributed by atoms with Crippen LogP contribution in [0.15, 0.2) is 30.3 Å². The van der Waals surface area contributed by atoms with Gasteiger partial charge in [0.25, 0.3) is 0 Å². The average Bonchev–Trinajstić information content (AvgIpc) is 3.02. The molecular formula is C18H26. The van der Waals surface area contributed by atoms with Crippen molar-refractivity contribution in [1.82, 2.24) is 0 Å². The van der Waals surface area contributed by atoms with Gasteiger partial charge in [0.1, 0.15) is 0 Å². The first-order chi connectivity index (χ1) is 8.74. The van der Waals surface area contributed by atoms with E-state index in [0.717, 1.165) is 5.92 Å². The van der Waals surface area contributed by atoms with Crippen LogP contribution in [0.5, 0.6) is 0 Å². The maximum Gasteiger partial charge on any atom is -0.0352 e. The van der Waals surface area contributed by atoms with Crippen LogP contribution in [0.1, 0.15) is 44.6 Å².